The molecule has 1 aliphatic heterocycles. The van der Waals surface area contributed by atoms with Crippen molar-refractivity contribution in [3.05, 3.63) is 0 Å². The van der Waals surface area contributed by atoms with Gasteiger partial charge in [-0.1, -0.05) is 13.8 Å². The van der Waals surface area contributed by atoms with Crippen LogP contribution in [0.4, 0.5) is 4.79 Å². The topological polar surface area (TPSA) is 84.5 Å². The first kappa shape index (κ1) is 12.5. The van der Waals surface area contributed by atoms with E-state index in [1.165, 1.54) is 0 Å². The van der Waals surface area contributed by atoms with Crippen molar-refractivity contribution in [3.8, 4) is 0 Å². The summed E-state index contributed by atoms with van der Waals surface area (Å²) in [7, 11) is 0. The molecule has 0 saturated carbocycles. The molecule has 1 rings (SSSR count). The number of hydrogen-bond acceptors (Lipinski definition) is 4. The third kappa shape index (κ3) is 2.15. The summed E-state index contributed by atoms with van der Waals surface area (Å²) in [4.78, 5) is 34.2. The quantitative estimate of drug-likeness (QED) is 0.530. The predicted octanol–water partition coefficient (Wildman–Crippen LogP) is 0.174. The van der Waals surface area contributed by atoms with Gasteiger partial charge in [0, 0.05) is 0 Å². The van der Waals surface area contributed by atoms with Crippen LogP contribution in [0.25, 0.3) is 0 Å². The third-order valence-electron chi connectivity index (χ3n) is 2.68. The van der Waals surface area contributed by atoms with E-state index in [9.17, 15) is 14.4 Å². The molecule has 2 N–H and O–H groups in total. The Morgan fingerprint density at radius 1 is 1.44 bits per heavy atom. The van der Waals surface area contributed by atoms with E-state index in [2.05, 4.69) is 10.6 Å². The second kappa shape index (κ2) is 4.51. The van der Waals surface area contributed by atoms with Crippen LogP contribution in [0, 0.1) is 5.92 Å². The average Bonchev–Trinajstić information content (AvgIpc) is 2.42. The maximum Gasteiger partial charge on any atom is 0.322 e. The lowest BCUT2D eigenvalue weighted by Crippen LogP contribution is -2.53. The number of hydrogen-bond donors (Lipinski definition) is 2. The highest BCUT2D eigenvalue weighted by atomic mass is 16.5. The van der Waals surface area contributed by atoms with Gasteiger partial charge in [0.2, 0.25) is 0 Å². The van der Waals surface area contributed by atoms with Gasteiger partial charge < -0.3 is 10.1 Å². The number of imide groups is 1. The number of carbonyl (C=O) groups is 3. The van der Waals surface area contributed by atoms with Gasteiger partial charge in [-0.15, -0.1) is 0 Å². The number of urea groups is 1. The molecule has 0 aliphatic carbocycles. The first-order valence-corrected chi connectivity index (χ1v) is 5.21. The number of rotatable bonds is 4. The highest BCUT2D eigenvalue weighted by Crippen LogP contribution is 2.25. The molecule has 1 aliphatic rings. The summed E-state index contributed by atoms with van der Waals surface area (Å²) in [6, 6.07) is -0.567. The van der Waals surface area contributed by atoms with Crippen molar-refractivity contribution in [1.82, 2.24) is 10.6 Å². The summed E-state index contributed by atoms with van der Waals surface area (Å²) in [6.07, 6.45) is -0.143. The van der Waals surface area contributed by atoms with Gasteiger partial charge >= 0.3 is 12.0 Å². The largest absolute Gasteiger partial charge is 0.466 e. The van der Waals surface area contributed by atoms with Crippen LogP contribution in [0.15, 0.2) is 0 Å². The van der Waals surface area contributed by atoms with E-state index >= 15 is 0 Å². The Bertz CT molecular complexity index is 327. The van der Waals surface area contributed by atoms with Crippen molar-refractivity contribution in [1.29, 1.82) is 0 Å². The number of amides is 3. The smallest absolute Gasteiger partial charge is 0.322 e. The Balaban J connectivity index is 2.86. The molecule has 1 saturated heterocycles. The van der Waals surface area contributed by atoms with E-state index in [-0.39, 0.29) is 18.9 Å². The fourth-order valence-corrected chi connectivity index (χ4v) is 1.68. The molecule has 1 fully saturated rings. The van der Waals surface area contributed by atoms with Crippen molar-refractivity contribution >= 4 is 17.9 Å². The van der Waals surface area contributed by atoms with Gasteiger partial charge in [-0.3, -0.25) is 14.9 Å². The molecule has 1 unspecified atom stereocenters. The van der Waals surface area contributed by atoms with Crippen LogP contribution in [-0.2, 0) is 14.3 Å². The van der Waals surface area contributed by atoms with Gasteiger partial charge in [0.1, 0.15) is 5.54 Å². The van der Waals surface area contributed by atoms with Crippen molar-refractivity contribution in [3.63, 3.8) is 0 Å². The van der Waals surface area contributed by atoms with Crippen molar-refractivity contribution in [2.45, 2.75) is 32.7 Å². The van der Waals surface area contributed by atoms with E-state index in [1.807, 2.05) is 0 Å². The van der Waals surface area contributed by atoms with E-state index < -0.39 is 23.4 Å². The highest BCUT2D eigenvalue weighted by Gasteiger charge is 2.50. The molecule has 0 aromatic rings. The van der Waals surface area contributed by atoms with E-state index in [0.29, 0.717) is 0 Å². The van der Waals surface area contributed by atoms with Crippen molar-refractivity contribution in [2.24, 2.45) is 5.92 Å². The molecule has 1 atom stereocenters. The molecule has 0 aromatic heterocycles. The number of esters is 1. The standard InChI is InChI=1S/C10H16N2O4/c1-4-16-7(13)5-10(6(2)3)8(14)11-9(15)12-10/h6H,4-5H2,1-3H3,(H2,11,12,14,15). The Morgan fingerprint density at radius 3 is 2.44 bits per heavy atom. The lowest BCUT2D eigenvalue weighted by Gasteiger charge is -2.28. The molecule has 90 valence electrons. The van der Waals surface area contributed by atoms with Gasteiger partial charge in [-0.2, -0.15) is 0 Å². The maximum atomic E-state index is 11.7. The average molecular weight is 228 g/mol. The highest BCUT2D eigenvalue weighted by molar-refractivity contribution is 6.08. The van der Waals surface area contributed by atoms with Crippen LogP contribution in [0.2, 0.25) is 0 Å². The van der Waals surface area contributed by atoms with Crippen molar-refractivity contribution < 1.29 is 19.1 Å². The fourth-order valence-electron chi connectivity index (χ4n) is 1.68. The molecule has 16 heavy (non-hydrogen) atoms. The molecular formula is C10H16N2O4. The first-order valence-electron chi connectivity index (χ1n) is 5.21. The monoisotopic (exact) mass is 228 g/mol. The zero-order valence-corrected chi connectivity index (χ0v) is 9.62. The summed E-state index contributed by atoms with van der Waals surface area (Å²) in [6.45, 7) is 5.48. The Morgan fingerprint density at radius 2 is 2.06 bits per heavy atom. The molecular weight excluding hydrogens is 212 g/mol. The molecule has 3 amide bonds. The summed E-state index contributed by atoms with van der Waals surface area (Å²) in [5, 5.41) is 4.65. The minimum Gasteiger partial charge on any atom is -0.466 e. The van der Waals surface area contributed by atoms with Crippen LogP contribution in [-0.4, -0.2) is 30.1 Å². The molecule has 6 nitrogen and oxygen atoms in total. The van der Waals surface area contributed by atoms with Gasteiger partial charge in [0.25, 0.3) is 5.91 Å². The Kier molecular flexibility index (Phi) is 3.51. The lowest BCUT2D eigenvalue weighted by atomic mass is 9.83. The normalized spacial score (nSPS) is 24.2. The van der Waals surface area contributed by atoms with Gasteiger partial charge in [0.15, 0.2) is 0 Å². The first-order chi connectivity index (χ1) is 7.42. The second-order valence-corrected chi connectivity index (χ2v) is 4.02. The fraction of sp³-hybridized carbons (Fsp3) is 0.700. The summed E-state index contributed by atoms with van der Waals surface area (Å²) in [5.74, 6) is -1.16. The minimum absolute atomic E-state index is 0.143. The van der Waals surface area contributed by atoms with Gasteiger partial charge in [0.05, 0.1) is 13.0 Å². The summed E-state index contributed by atoms with van der Waals surface area (Å²) >= 11 is 0. The van der Waals surface area contributed by atoms with Crippen LogP contribution < -0.4 is 10.6 Å². The Labute approximate surface area is 93.7 Å². The summed E-state index contributed by atoms with van der Waals surface area (Å²) in [5.41, 5.74) is -1.18. The lowest BCUT2D eigenvalue weighted by molar-refractivity contribution is -0.147. The number of nitrogens with one attached hydrogen (secondary N) is 2. The maximum absolute atomic E-state index is 11.7. The van der Waals surface area contributed by atoms with E-state index in [1.54, 1.807) is 20.8 Å². The van der Waals surface area contributed by atoms with Crippen LogP contribution >= 0.6 is 0 Å². The second-order valence-electron chi connectivity index (χ2n) is 4.02. The predicted molar refractivity (Wildman–Crippen MR) is 55.5 cm³/mol. The third-order valence-corrected chi connectivity index (χ3v) is 2.68. The molecule has 0 aromatic carbocycles. The SMILES string of the molecule is CCOC(=O)CC1(C(C)C)NC(=O)NC1=O. The zero-order valence-electron chi connectivity index (χ0n) is 9.62. The van der Waals surface area contributed by atoms with Crippen LogP contribution in [0.1, 0.15) is 27.2 Å². The van der Waals surface area contributed by atoms with Crippen molar-refractivity contribution in [2.75, 3.05) is 6.61 Å². The van der Waals surface area contributed by atoms with Gasteiger partial charge in [-0.05, 0) is 12.8 Å². The zero-order chi connectivity index (χ0) is 12.3. The molecule has 1 heterocycles. The Hall–Kier alpha value is -1.59. The van der Waals surface area contributed by atoms with Crippen LogP contribution in [0.3, 0.4) is 0 Å². The summed E-state index contributed by atoms with van der Waals surface area (Å²) < 4.78 is 4.79. The molecule has 0 radical (unpaired) electrons. The number of carbonyl (C=O) groups excluding carboxylic acids is 3. The molecule has 0 spiro atoms. The van der Waals surface area contributed by atoms with E-state index in [0.717, 1.165) is 0 Å². The minimum atomic E-state index is -1.18. The number of ether oxygens (including phenoxy) is 1. The molecule has 0 bridgehead atoms. The van der Waals surface area contributed by atoms with Crippen LogP contribution in [0.5, 0.6) is 0 Å². The van der Waals surface area contributed by atoms with E-state index in [4.69, 9.17) is 4.74 Å². The van der Waals surface area contributed by atoms with Gasteiger partial charge in [-0.25, -0.2) is 4.79 Å². The molecule has 6 heteroatoms.